The molecule has 3 fully saturated rings. The van der Waals surface area contributed by atoms with Gasteiger partial charge in [-0.2, -0.15) is 8.78 Å². The van der Waals surface area contributed by atoms with Gasteiger partial charge in [0.2, 0.25) is 6.61 Å². The summed E-state index contributed by atoms with van der Waals surface area (Å²) in [7, 11) is 0. The molecular weight excluding hydrogens is 500 g/mol. The van der Waals surface area contributed by atoms with Crippen molar-refractivity contribution < 1.29 is 28.6 Å². The van der Waals surface area contributed by atoms with E-state index in [0.717, 1.165) is 30.5 Å². The zero-order valence-electron chi connectivity index (χ0n) is 22.3. The zero-order chi connectivity index (χ0) is 27.6. The number of carboxylic acids is 1. The van der Waals surface area contributed by atoms with Gasteiger partial charge in [0.1, 0.15) is 5.60 Å². The van der Waals surface area contributed by atoms with Crippen LogP contribution in [0.2, 0.25) is 0 Å². The highest BCUT2D eigenvalue weighted by atomic mass is 19.3. The number of rotatable bonds is 6. The molecule has 0 radical (unpaired) electrons. The van der Waals surface area contributed by atoms with Crippen molar-refractivity contribution in [3.63, 3.8) is 0 Å². The SMILES string of the molecule is C#CC(F)(F)[C@]1(O)CC[C@H]2[C@@H]3CCC4=C/C(=N\OCC(=O)O)CCC4=C3[C@@H](c3ccc(C4CC4)cc3)C[C@@]21C. The fourth-order valence-electron chi connectivity index (χ4n) is 8.27. The summed E-state index contributed by atoms with van der Waals surface area (Å²) in [6, 6.07) is 8.69. The first-order chi connectivity index (χ1) is 18.6. The molecule has 5 atom stereocenters. The summed E-state index contributed by atoms with van der Waals surface area (Å²) < 4.78 is 30.5. The predicted octanol–water partition coefficient (Wildman–Crippen LogP) is 6.35. The molecule has 2 N–H and O–H groups in total. The number of aliphatic carboxylic acids is 1. The lowest BCUT2D eigenvalue weighted by molar-refractivity contribution is -0.209. The van der Waals surface area contributed by atoms with Gasteiger partial charge in [-0.25, -0.2) is 4.79 Å². The van der Waals surface area contributed by atoms with E-state index in [4.69, 9.17) is 16.4 Å². The second kappa shape index (κ2) is 9.30. The maximum Gasteiger partial charge on any atom is 0.344 e. The van der Waals surface area contributed by atoms with Crippen LogP contribution < -0.4 is 0 Å². The molecule has 0 bridgehead atoms. The standard InChI is InChI=1S/C32H35F2NO4/c1-3-32(33,34)31(38)15-14-27-25-12-10-22-16-23(35-39-18-28(36)37)11-13-24(22)29(25)26(17-30(27,31)2)21-8-6-20(7-9-21)19-4-5-19/h1,6-9,16,19,25-27,38H,4-5,10-15,17-18H2,2H3,(H,36,37)/b35-23-/t25-,26+,27-,30-,31-/m0/s1. The summed E-state index contributed by atoms with van der Waals surface area (Å²) in [5.74, 6) is -2.49. The number of hydrogen-bond donors (Lipinski definition) is 2. The average Bonchev–Trinajstić information content (AvgIpc) is 3.73. The lowest BCUT2D eigenvalue weighted by Crippen LogP contribution is -2.60. The molecule has 3 saturated carbocycles. The molecule has 1 aromatic carbocycles. The van der Waals surface area contributed by atoms with E-state index in [2.05, 4.69) is 29.4 Å². The summed E-state index contributed by atoms with van der Waals surface area (Å²) in [5.41, 5.74) is 3.67. The molecule has 5 nitrogen and oxygen atoms in total. The minimum Gasteiger partial charge on any atom is -0.479 e. The summed E-state index contributed by atoms with van der Waals surface area (Å²) in [4.78, 5) is 15.8. The summed E-state index contributed by atoms with van der Waals surface area (Å²) in [5, 5.41) is 24.6. The second-order valence-electron chi connectivity index (χ2n) is 12.3. The van der Waals surface area contributed by atoms with Crippen LogP contribution in [0.5, 0.6) is 0 Å². The molecule has 6 rings (SSSR count). The van der Waals surface area contributed by atoms with Gasteiger partial charge in [0, 0.05) is 11.3 Å². The van der Waals surface area contributed by atoms with Gasteiger partial charge in [-0.05, 0) is 110 Å². The summed E-state index contributed by atoms with van der Waals surface area (Å²) >= 11 is 0. The van der Waals surface area contributed by atoms with Crippen molar-refractivity contribution in [3.8, 4) is 12.3 Å². The fourth-order valence-corrected chi connectivity index (χ4v) is 8.27. The molecule has 0 amide bonds. The number of carboxylic acid groups (broad SMARTS) is 1. The van der Waals surface area contributed by atoms with Crippen LogP contribution >= 0.6 is 0 Å². The Morgan fingerprint density at radius 3 is 2.54 bits per heavy atom. The van der Waals surface area contributed by atoms with Crippen molar-refractivity contribution in [1.29, 1.82) is 0 Å². The number of terminal acetylenes is 1. The minimum atomic E-state index is -3.60. The summed E-state index contributed by atoms with van der Waals surface area (Å²) in [6.07, 6.45) is 13.6. The third-order valence-corrected chi connectivity index (χ3v) is 10.4. The lowest BCUT2D eigenvalue weighted by atomic mass is 9.50. The molecule has 7 heteroatoms. The predicted molar refractivity (Wildman–Crippen MR) is 143 cm³/mol. The molecule has 0 saturated heterocycles. The number of halogens is 2. The van der Waals surface area contributed by atoms with Gasteiger partial charge >= 0.3 is 11.9 Å². The first-order valence-electron chi connectivity index (χ1n) is 14.1. The molecule has 5 aliphatic rings. The molecule has 206 valence electrons. The third-order valence-electron chi connectivity index (χ3n) is 10.4. The number of nitrogens with zero attached hydrogens (tertiary/aromatic N) is 1. The van der Waals surface area contributed by atoms with Crippen LogP contribution in [-0.2, 0) is 9.63 Å². The van der Waals surface area contributed by atoms with Crippen LogP contribution in [0.4, 0.5) is 8.78 Å². The monoisotopic (exact) mass is 535 g/mol. The Balaban J connectivity index is 1.43. The van der Waals surface area contributed by atoms with Crippen LogP contribution in [-0.4, -0.2) is 40.0 Å². The van der Waals surface area contributed by atoms with Crippen LogP contribution in [0.25, 0.3) is 0 Å². The van der Waals surface area contributed by atoms with Crippen LogP contribution in [0, 0.1) is 29.6 Å². The second-order valence-corrected chi connectivity index (χ2v) is 12.3. The molecule has 1 aromatic rings. The molecule has 0 unspecified atom stereocenters. The fraction of sp³-hybridized carbons (Fsp3) is 0.562. The molecule has 0 heterocycles. The van der Waals surface area contributed by atoms with Gasteiger partial charge in [-0.3, -0.25) is 0 Å². The Labute approximate surface area is 228 Å². The van der Waals surface area contributed by atoms with Crippen molar-refractivity contribution in [2.75, 3.05) is 6.61 Å². The maximum absolute atomic E-state index is 15.3. The van der Waals surface area contributed by atoms with Crippen molar-refractivity contribution in [2.24, 2.45) is 22.4 Å². The molecular formula is C32H35F2NO4. The van der Waals surface area contributed by atoms with Gasteiger partial charge in [0.25, 0.3) is 0 Å². The third kappa shape index (κ3) is 4.14. The van der Waals surface area contributed by atoms with Crippen molar-refractivity contribution in [2.45, 2.75) is 88.1 Å². The molecule has 0 aliphatic heterocycles. The highest BCUT2D eigenvalue weighted by Crippen LogP contribution is 2.69. The molecule has 0 spiro atoms. The van der Waals surface area contributed by atoms with Gasteiger partial charge in [-0.15, -0.1) is 6.42 Å². The molecule has 39 heavy (non-hydrogen) atoms. The molecule has 0 aromatic heterocycles. The van der Waals surface area contributed by atoms with Gasteiger partial charge in [-0.1, -0.05) is 41.9 Å². The topological polar surface area (TPSA) is 79.1 Å². The van der Waals surface area contributed by atoms with Gasteiger partial charge in [0.15, 0.2) is 0 Å². The Morgan fingerprint density at radius 2 is 1.87 bits per heavy atom. The minimum absolute atomic E-state index is 0.00175. The van der Waals surface area contributed by atoms with E-state index < -0.39 is 29.5 Å². The average molecular weight is 536 g/mol. The number of benzene rings is 1. The highest BCUT2D eigenvalue weighted by Gasteiger charge is 2.71. The number of hydrogen-bond acceptors (Lipinski definition) is 4. The van der Waals surface area contributed by atoms with Gasteiger partial charge < -0.3 is 15.1 Å². The number of aliphatic hydroxyl groups is 1. The van der Waals surface area contributed by atoms with E-state index in [9.17, 15) is 9.90 Å². The van der Waals surface area contributed by atoms with Crippen molar-refractivity contribution in [1.82, 2.24) is 0 Å². The van der Waals surface area contributed by atoms with E-state index >= 15 is 8.78 Å². The number of alkyl halides is 2. The quantitative estimate of drug-likeness (QED) is 0.329. The Hall–Kier alpha value is -2.98. The maximum atomic E-state index is 15.3. The Bertz CT molecular complexity index is 1320. The van der Waals surface area contributed by atoms with Crippen LogP contribution in [0.3, 0.4) is 0 Å². The lowest BCUT2D eigenvalue weighted by Gasteiger charge is -2.55. The number of fused-ring (bicyclic) bond motifs is 4. The first-order valence-corrected chi connectivity index (χ1v) is 14.1. The first kappa shape index (κ1) is 26.3. The van der Waals surface area contributed by atoms with E-state index in [1.165, 1.54) is 35.1 Å². The van der Waals surface area contributed by atoms with E-state index in [1.807, 2.05) is 13.0 Å². The van der Waals surface area contributed by atoms with Crippen LogP contribution in [0.1, 0.15) is 87.7 Å². The van der Waals surface area contributed by atoms with Crippen molar-refractivity contribution in [3.05, 3.63) is 58.2 Å². The normalized spacial score (nSPS) is 35.0. The smallest absolute Gasteiger partial charge is 0.344 e. The molecule has 5 aliphatic carbocycles. The van der Waals surface area contributed by atoms with E-state index in [1.54, 1.807) is 5.92 Å². The Kier molecular flexibility index (Phi) is 6.26. The number of carbonyl (C=O) groups is 1. The number of allylic oxidation sites excluding steroid dienone is 4. The van der Waals surface area contributed by atoms with E-state index in [0.29, 0.717) is 25.2 Å². The van der Waals surface area contributed by atoms with Gasteiger partial charge in [0.05, 0.1) is 5.71 Å². The largest absolute Gasteiger partial charge is 0.479 e. The Morgan fingerprint density at radius 1 is 1.15 bits per heavy atom. The summed E-state index contributed by atoms with van der Waals surface area (Å²) in [6.45, 7) is 1.37. The van der Waals surface area contributed by atoms with Crippen molar-refractivity contribution >= 4 is 11.7 Å². The number of oxime groups is 1. The zero-order valence-corrected chi connectivity index (χ0v) is 22.3. The highest BCUT2D eigenvalue weighted by molar-refractivity contribution is 5.97. The van der Waals surface area contributed by atoms with E-state index in [-0.39, 0.29) is 24.2 Å². The van der Waals surface area contributed by atoms with Crippen LogP contribution in [0.15, 0.2) is 52.2 Å².